The third-order valence-electron chi connectivity index (χ3n) is 5.34. The fourth-order valence-electron chi connectivity index (χ4n) is 3.90. The van der Waals surface area contributed by atoms with Gasteiger partial charge in [0, 0.05) is 54.3 Å². The maximum atomic E-state index is 12.3. The minimum absolute atomic E-state index is 0.347. The van der Waals surface area contributed by atoms with Gasteiger partial charge >= 0.3 is 5.97 Å². The first-order valence-electron chi connectivity index (χ1n) is 9.52. The average molecular weight is 388 g/mol. The average Bonchev–Trinajstić information content (AvgIpc) is 3.42. The number of aromatic nitrogens is 3. The Morgan fingerprint density at radius 2 is 2.17 bits per heavy atom. The van der Waals surface area contributed by atoms with E-state index in [-0.39, 0.29) is 5.97 Å². The molecular weight excluding hydrogens is 368 g/mol. The summed E-state index contributed by atoms with van der Waals surface area (Å²) in [4.78, 5) is 27.0. The maximum absolute atomic E-state index is 12.3. The van der Waals surface area contributed by atoms with E-state index in [1.165, 1.54) is 7.11 Å². The van der Waals surface area contributed by atoms with Gasteiger partial charge in [-0.15, -0.1) is 0 Å². The van der Waals surface area contributed by atoms with E-state index in [1.54, 1.807) is 6.26 Å². The minimum atomic E-state index is -0.347. The number of carbonyl (C=O) groups excluding carboxylic acids is 1. The monoisotopic (exact) mass is 388 g/mol. The van der Waals surface area contributed by atoms with Gasteiger partial charge < -0.3 is 14.1 Å². The number of rotatable bonds is 4. The van der Waals surface area contributed by atoms with Crippen LogP contribution in [0.3, 0.4) is 0 Å². The van der Waals surface area contributed by atoms with Crippen molar-refractivity contribution in [2.75, 3.05) is 13.7 Å². The van der Waals surface area contributed by atoms with Crippen molar-refractivity contribution in [3.63, 3.8) is 0 Å². The molecule has 0 atom stereocenters. The maximum Gasteiger partial charge on any atom is 0.354 e. The van der Waals surface area contributed by atoms with Crippen molar-refractivity contribution in [2.45, 2.75) is 19.5 Å². The van der Waals surface area contributed by atoms with Crippen LogP contribution in [0.15, 0.2) is 53.3 Å². The van der Waals surface area contributed by atoms with Crippen LogP contribution in [0.25, 0.3) is 22.5 Å². The van der Waals surface area contributed by atoms with Crippen LogP contribution in [0.2, 0.25) is 0 Å². The normalized spacial score (nSPS) is 14.1. The third kappa shape index (κ3) is 3.19. The van der Waals surface area contributed by atoms with Crippen LogP contribution in [-0.4, -0.2) is 39.5 Å². The van der Waals surface area contributed by atoms with Crippen molar-refractivity contribution in [1.29, 1.82) is 0 Å². The van der Waals surface area contributed by atoms with Crippen LogP contribution in [-0.2, 0) is 24.2 Å². The highest BCUT2D eigenvalue weighted by atomic mass is 16.5. The number of methoxy groups -OCH3 is 1. The second kappa shape index (κ2) is 7.18. The Hall–Kier alpha value is -3.45. The number of esters is 1. The van der Waals surface area contributed by atoms with Crippen LogP contribution in [0.4, 0.5) is 0 Å². The van der Waals surface area contributed by atoms with Crippen LogP contribution in [0, 0.1) is 0 Å². The molecule has 0 bridgehead atoms. The highest BCUT2D eigenvalue weighted by molar-refractivity contribution is 5.98. The summed E-state index contributed by atoms with van der Waals surface area (Å²) in [6.07, 6.45) is 4.32. The lowest BCUT2D eigenvalue weighted by atomic mass is 10.0. The van der Waals surface area contributed by atoms with Gasteiger partial charge in [-0.1, -0.05) is 18.2 Å². The van der Waals surface area contributed by atoms with Crippen LogP contribution >= 0.6 is 0 Å². The molecule has 1 aromatic carbocycles. The number of nitrogens with one attached hydrogen (secondary N) is 1. The summed E-state index contributed by atoms with van der Waals surface area (Å²) in [5, 5.41) is 1.04. The van der Waals surface area contributed by atoms with Gasteiger partial charge in [-0.2, -0.15) is 0 Å². The van der Waals surface area contributed by atoms with E-state index in [9.17, 15) is 4.79 Å². The molecule has 0 fully saturated rings. The van der Waals surface area contributed by atoms with E-state index in [4.69, 9.17) is 9.15 Å². The lowest BCUT2D eigenvalue weighted by molar-refractivity contribution is 0.0592. The van der Waals surface area contributed by atoms with Gasteiger partial charge in [0.25, 0.3) is 0 Å². The fourth-order valence-corrected chi connectivity index (χ4v) is 3.90. The number of furan rings is 1. The van der Waals surface area contributed by atoms with Gasteiger partial charge in [0.1, 0.15) is 5.69 Å². The van der Waals surface area contributed by atoms with E-state index in [2.05, 4.69) is 19.9 Å². The smallest absolute Gasteiger partial charge is 0.354 e. The molecule has 5 rings (SSSR count). The lowest BCUT2D eigenvalue weighted by Crippen LogP contribution is -2.31. The number of benzene rings is 1. The van der Waals surface area contributed by atoms with E-state index in [0.29, 0.717) is 23.8 Å². The van der Waals surface area contributed by atoms with Crippen molar-refractivity contribution in [3.8, 4) is 11.6 Å². The van der Waals surface area contributed by atoms with Crippen molar-refractivity contribution >= 4 is 16.9 Å². The van der Waals surface area contributed by atoms with Crippen LogP contribution in [0.1, 0.15) is 27.3 Å². The van der Waals surface area contributed by atoms with E-state index >= 15 is 0 Å². The number of ether oxygens (including phenoxy) is 1. The zero-order chi connectivity index (χ0) is 19.8. The third-order valence-corrected chi connectivity index (χ3v) is 5.34. The van der Waals surface area contributed by atoms with Gasteiger partial charge in [-0.3, -0.25) is 4.90 Å². The van der Waals surface area contributed by atoms with E-state index in [1.807, 2.05) is 42.6 Å². The topological polar surface area (TPSA) is 84.3 Å². The molecular formula is C22H20N4O3. The summed E-state index contributed by atoms with van der Waals surface area (Å²) >= 11 is 0. The molecule has 0 unspecified atom stereocenters. The highest BCUT2D eigenvalue weighted by Crippen LogP contribution is 2.27. The summed E-state index contributed by atoms with van der Waals surface area (Å²) in [6.45, 7) is 2.23. The number of nitrogens with zero attached hydrogens (tertiary/aromatic N) is 3. The number of H-pyrrole nitrogens is 1. The molecule has 0 spiro atoms. The molecule has 1 N–H and O–H groups in total. The van der Waals surface area contributed by atoms with Crippen LogP contribution < -0.4 is 0 Å². The Kier molecular flexibility index (Phi) is 4.37. The zero-order valence-corrected chi connectivity index (χ0v) is 16.0. The molecule has 4 aromatic rings. The molecule has 29 heavy (non-hydrogen) atoms. The molecule has 146 valence electrons. The summed E-state index contributed by atoms with van der Waals surface area (Å²) in [6, 6.07) is 11.6. The highest BCUT2D eigenvalue weighted by Gasteiger charge is 2.24. The Balaban J connectivity index is 1.42. The predicted octanol–water partition coefficient (Wildman–Crippen LogP) is 3.56. The van der Waals surface area contributed by atoms with Gasteiger partial charge in [-0.25, -0.2) is 14.8 Å². The molecule has 0 saturated heterocycles. The number of carbonyl (C=O) groups is 1. The lowest BCUT2D eigenvalue weighted by Gasteiger charge is -2.28. The molecule has 7 heteroatoms. The minimum Gasteiger partial charge on any atom is -0.464 e. The number of aromatic amines is 1. The molecule has 7 nitrogen and oxygen atoms in total. The first-order valence-corrected chi connectivity index (χ1v) is 9.52. The zero-order valence-electron chi connectivity index (χ0n) is 16.0. The number of para-hydroxylation sites is 1. The molecule has 3 aromatic heterocycles. The first-order chi connectivity index (χ1) is 14.2. The Morgan fingerprint density at radius 1 is 1.28 bits per heavy atom. The van der Waals surface area contributed by atoms with Gasteiger partial charge in [0.2, 0.25) is 0 Å². The van der Waals surface area contributed by atoms with Crippen molar-refractivity contribution < 1.29 is 13.9 Å². The van der Waals surface area contributed by atoms with E-state index in [0.717, 1.165) is 47.2 Å². The molecule has 0 amide bonds. The summed E-state index contributed by atoms with van der Waals surface area (Å²) in [5.74, 6) is 0.948. The summed E-state index contributed by atoms with van der Waals surface area (Å²) in [5.41, 5.74) is 4.57. The van der Waals surface area contributed by atoms with Gasteiger partial charge in [0.15, 0.2) is 11.6 Å². The molecule has 1 aliphatic rings. The molecule has 0 aliphatic carbocycles. The quantitative estimate of drug-likeness (QED) is 0.538. The Morgan fingerprint density at radius 3 is 3.00 bits per heavy atom. The standard InChI is InChI=1S/C22H20N4O3/c1-28-22(27)20-16(15-5-2-3-6-18(15)24-20)13-26-9-8-17-14(12-26)11-23-21(25-17)19-7-4-10-29-19/h2-7,10-11,24H,8-9,12-13H2,1H3. The van der Waals surface area contributed by atoms with Crippen LogP contribution in [0.5, 0.6) is 0 Å². The fraction of sp³-hybridized carbons (Fsp3) is 0.227. The van der Waals surface area contributed by atoms with Gasteiger partial charge in [-0.05, 0) is 18.2 Å². The molecule has 4 heterocycles. The van der Waals surface area contributed by atoms with Crippen molar-refractivity contribution in [1.82, 2.24) is 19.9 Å². The van der Waals surface area contributed by atoms with Gasteiger partial charge in [0.05, 0.1) is 19.1 Å². The molecule has 0 radical (unpaired) electrons. The first kappa shape index (κ1) is 17.6. The molecule has 0 saturated carbocycles. The summed E-state index contributed by atoms with van der Waals surface area (Å²) < 4.78 is 10.4. The second-order valence-electron chi connectivity index (χ2n) is 7.12. The second-order valence-corrected chi connectivity index (χ2v) is 7.12. The van der Waals surface area contributed by atoms with Crippen molar-refractivity contribution in [3.05, 3.63) is 71.4 Å². The number of hydrogen-bond donors (Lipinski definition) is 1. The Labute approximate surface area is 167 Å². The number of fused-ring (bicyclic) bond motifs is 2. The van der Waals surface area contributed by atoms with Crippen molar-refractivity contribution in [2.24, 2.45) is 0 Å². The Bertz CT molecular complexity index is 1180. The molecule has 1 aliphatic heterocycles. The SMILES string of the molecule is COC(=O)c1[nH]c2ccccc2c1CN1CCc2nc(-c3ccco3)ncc2C1. The summed E-state index contributed by atoms with van der Waals surface area (Å²) in [7, 11) is 1.41. The number of hydrogen-bond acceptors (Lipinski definition) is 6. The largest absolute Gasteiger partial charge is 0.464 e. The van der Waals surface area contributed by atoms with E-state index < -0.39 is 0 Å². The predicted molar refractivity (Wildman–Crippen MR) is 107 cm³/mol.